The fraction of sp³-hybridized carbons (Fsp3) is 0.471. The van der Waals surface area contributed by atoms with Gasteiger partial charge in [0.1, 0.15) is 6.29 Å². The molecular formula is C17H24O3. The summed E-state index contributed by atoms with van der Waals surface area (Å²) in [6, 6.07) is 5.24. The van der Waals surface area contributed by atoms with Crippen LogP contribution in [0.3, 0.4) is 0 Å². The maximum Gasteiger partial charge on any atom is 0.161 e. The van der Waals surface area contributed by atoms with Gasteiger partial charge in [-0.1, -0.05) is 25.0 Å². The van der Waals surface area contributed by atoms with Crippen molar-refractivity contribution in [2.45, 2.75) is 40.0 Å². The Kier molecular flexibility index (Phi) is 7.48. The summed E-state index contributed by atoms with van der Waals surface area (Å²) >= 11 is 0. The van der Waals surface area contributed by atoms with Crippen molar-refractivity contribution in [3.63, 3.8) is 0 Å². The summed E-state index contributed by atoms with van der Waals surface area (Å²) in [5, 5.41) is 0. The fourth-order valence-electron chi connectivity index (χ4n) is 1.96. The van der Waals surface area contributed by atoms with E-state index in [1.54, 1.807) is 18.2 Å². The highest BCUT2D eigenvalue weighted by Gasteiger charge is 2.05. The van der Waals surface area contributed by atoms with Crippen molar-refractivity contribution in [1.82, 2.24) is 0 Å². The average Bonchev–Trinajstić information content (AvgIpc) is 2.45. The van der Waals surface area contributed by atoms with Crippen molar-refractivity contribution < 1.29 is 14.3 Å². The molecule has 1 aromatic carbocycles. The smallest absolute Gasteiger partial charge is 0.161 e. The highest BCUT2D eigenvalue weighted by atomic mass is 16.5. The molecule has 0 atom stereocenters. The van der Waals surface area contributed by atoms with Gasteiger partial charge in [0, 0.05) is 5.56 Å². The highest BCUT2D eigenvalue weighted by molar-refractivity contribution is 5.76. The summed E-state index contributed by atoms with van der Waals surface area (Å²) in [4.78, 5) is 10.8. The molecule has 3 heteroatoms. The lowest BCUT2D eigenvalue weighted by molar-refractivity contribution is 0.112. The number of rotatable bonds is 9. The summed E-state index contributed by atoms with van der Waals surface area (Å²) in [6.45, 7) is 7.40. The Hall–Kier alpha value is -1.77. The van der Waals surface area contributed by atoms with Crippen molar-refractivity contribution in [1.29, 1.82) is 0 Å². The zero-order chi connectivity index (χ0) is 14.8. The van der Waals surface area contributed by atoms with Gasteiger partial charge in [-0.2, -0.15) is 0 Å². The van der Waals surface area contributed by atoms with Crippen LogP contribution in [0.2, 0.25) is 0 Å². The van der Waals surface area contributed by atoms with Crippen molar-refractivity contribution in [2.75, 3.05) is 13.2 Å². The van der Waals surface area contributed by atoms with Crippen LogP contribution in [0.15, 0.2) is 29.8 Å². The summed E-state index contributed by atoms with van der Waals surface area (Å²) in [5.74, 6) is 1.32. The molecule has 0 amide bonds. The number of carbonyl (C=O) groups excluding carboxylic acids is 1. The van der Waals surface area contributed by atoms with Crippen LogP contribution >= 0.6 is 0 Å². The summed E-state index contributed by atoms with van der Waals surface area (Å²) < 4.78 is 11.2. The van der Waals surface area contributed by atoms with E-state index in [9.17, 15) is 4.79 Å². The van der Waals surface area contributed by atoms with E-state index >= 15 is 0 Å². The van der Waals surface area contributed by atoms with Crippen LogP contribution in [-0.2, 0) is 0 Å². The quantitative estimate of drug-likeness (QED) is 0.380. The molecule has 110 valence electrons. The van der Waals surface area contributed by atoms with Crippen LogP contribution < -0.4 is 9.47 Å². The van der Waals surface area contributed by atoms with Crippen LogP contribution in [0.1, 0.15) is 50.4 Å². The second kappa shape index (κ2) is 9.18. The first-order chi connectivity index (χ1) is 9.71. The molecule has 0 saturated carbocycles. The zero-order valence-corrected chi connectivity index (χ0v) is 12.6. The van der Waals surface area contributed by atoms with Gasteiger partial charge in [0.2, 0.25) is 0 Å². The Balaban J connectivity index is 2.58. The monoisotopic (exact) mass is 276 g/mol. The molecule has 0 fully saturated rings. The first kappa shape index (κ1) is 16.3. The second-order valence-corrected chi connectivity index (χ2v) is 4.69. The van der Waals surface area contributed by atoms with Gasteiger partial charge in [-0.05, 0) is 44.9 Å². The van der Waals surface area contributed by atoms with Crippen LogP contribution in [0.5, 0.6) is 11.5 Å². The number of aldehydes is 1. The fourth-order valence-corrected chi connectivity index (χ4v) is 1.96. The van der Waals surface area contributed by atoms with E-state index in [1.165, 1.54) is 12.0 Å². The SMILES string of the molecule is CCC/C(C)=C/CCOc1ccc(C=O)cc1OCC. The van der Waals surface area contributed by atoms with Gasteiger partial charge in [-0.3, -0.25) is 4.79 Å². The molecule has 0 aliphatic carbocycles. The summed E-state index contributed by atoms with van der Waals surface area (Å²) in [6.07, 6.45) is 6.21. The largest absolute Gasteiger partial charge is 0.490 e. The Labute approximate surface area is 121 Å². The van der Waals surface area contributed by atoms with E-state index < -0.39 is 0 Å². The topological polar surface area (TPSA) is 35.5 Å². The Morgan fingerprint density at radius 3 is 2.65 bits per heavy atom. The maximum atomic E-state index is 10.8. The van der Waals surface area contributed by atoms with Gasteiger partial charge in [-0.15, -0.1) is 0 Å². The molecule has 0 heterocycles. The molecule has 0 N–H and O–H groups in total. The lowest BCUT2D eigenvalue weighted by Crippen LogP contribution is -2.01. The van der Waals surface area contributed by atoms with Crippen molar-refractivity contribution in [3.05, 3.63) is 35.4 Å². The lowest BCUT2D eigenvalue weighted by Gasteiger charge is -2.11. The molecule has 1 aromatic rings. The summed E-state index contributed by atoms with van der Waals surface area (Å²) in [5.41, 5.74) is 2.00. The molecule has 0 saturated heterocycles. The van der Waals surface area contributed by atoms with E-state index in [0.29, 0.717) is 30.3 Å². The number of hydrogen-bond acceptors (Lipinski definition) is 3. The third-order valence-electron chi connectivity index (χ3n) is 2.92. The molecule has 20 heavy (non-hydrogen) atoms. The van der Waals surface area contributed by atoms with Crippen molar-refractivity contribution in [3.8, 4) is 11.5 Å². The minimum atomic E-state index is 0.550. The normalized spacial score (nSPS) is 11.2. The van der Waals surface area contributed by atoms with Gasteiger partial charge >= 0.3 is 0 Å². The minimum Gasteiger partial charge on any atom is -0.490 e. The number of allylic oxidation sites excluding steroid dienone is 1. The zero-order valence-electron chi connectivity index (χ0n) is 12.6. The van der Waals surface area contributed by atoms with E-state index in [0.717, 1.165) is 19.1 Å². The van der Waals surface area contributed by atoms with Crippen LogP contribution in [-0.4, -0.2) is 19.5 Å². The van der Waals surface area contributed by atoms with Gasteiger partial charge < -0.3 is 9.47 Å². The number of carbonyl (C=O) groups is 1. The molecule has 0 bridgehead atoms. The van der Waals surface area contributed by atoms with E-state index in [4.69, 9.17) is 9.47 Å². The molecule has 1 rings (SSSR count). The standard InChI is InChI=1S/C17H24O3/c1-4-7-14(3)8-6-11-20-16-10-9-15(13-18)12-17(16)19-5-2/h8-10,12-13H,4-7,11H2,1-3H3/b14-8+. The third kappa shape index (κ3) is 5.47. The number of ether oxygens (including phenoxy) is 2. The van der Waals surface area contributed by atoms with Crippen LogP contribution in [0.4, 0.5) is 0 Å². The number of benzene rings is 1. The Morgan fingerprint density at radius 1 is 1.20 bits per heavy atom. The van der Waals surface area contributed by atoms with E-state index in [2.05, 4.69) is 19.9 Å². The maximum absolute atomic E-state index is 10.8. The van der Waals surface area contributed by atoms with Gasteiger partial charge in [-0.25, -0.2) is 0 Å². The molecule has 0 unspecified atom stereocenters. The molecule has 0 aliphatic rings. The number of hydrogen-bond donors (Lipinski definition) is 0. The molecule has 3 nitrogen and oxygen atoms in total. The van der Waals surface area contributed by atoms with Gasteiger partial charge in [0.25, 0.3) is 0 Å². The predicted molar refractivity (Wildman–Crippen MR) is 81.8 cm³/mol. The molecule has 0 aliphatic heterocycles. The molecular weight excluding hydrogens is 252 g/mol. The van der Waals surface area contributed by atoms with Crippen LogP contribution in [0.25, 0.3) is 0 Å². The molecule has 0 spiro atoms. The predicted octanol–water partition coefficient (Wildman–Crippen LogP) is 4.41. The molecule has 0 aromatic heterocycles. The first-order valence-electron chi connectivity index (χ1n) is 7.21. The lowest BCUT2D eigenvalue weighted by atomic mass is 10.1. The second-order valence-electron chi connectivity index (χ2n) is 4.69. The Bertz CT molecular complexity index is 450. The summed E-state index contributed by atoms with van der Waals surface area (Å²) in [7, 11) is 0. The first-order valence-corrected chi connectivity index (χ1v) is 7.21. The minimum absolute atomic E-state index is 0.550. The van der Waals surface area contributed by atoms with E-state index in [1.807, 2.05) is 6.92 Å². The van der Waals surface area contributed by atoms with E-state index in [-0.39, 0.29) is 0 Å². The Morgan fingerprint density at radius 2 is 2.00 bits per heavy atom. The van der Waals surface area contributed by atoms with Gasteiger partial charge in [0.05, 0.1) is 13.2 Å². The van der Waals surface area contributed by atoms with Crippen molar-refractivity contribution in [2.24, 2.45) is 0 Å². The molecule has 0 radical (unpaired) electrons. The van der Waals surface area contributed by atoms with Crippen LogP contribution in [0, 0.1) is 0 Å². The third-order valence-corrected chi connectivity index (χ3v) is 2.92. The average molecular weight is 276 g/mol. The van der Waals surface area contributed by atoms with Gasteiger partial charge in [0.15, 0.2) is 11.5 Å². The highest BCUT2D eigenvalue weighted by Crippen LogP contribution is 2.28. The van der Waals surface area contributed by atoms with Crippen molar-refractivity contribution >= 4 is 6.29 Å².